The van der Waals surface area contributed by atoms with Gasteiger partial charge in [-0.05, 0) is 35.0 Å². The number of methoxy groups -OCH3 is 1. The molecule has 2 aromatic heterocycles. The zero-order valence-electron chi connectivity index (χ0n) is 16.2. The maximum absolute atomic E-state index is 12.9. The van der Waals surface area contributed by atoms with E-state index in [0.29, 0.717) is 21.5 Å². The molecule has 2 heterocycles. The first-order chi connectivity index (χ1) is 14.6. The van der Waals surface area contributed by atoms with Gasteiger partial charge in [0.25, 0.3) is 5.91 Å². The van der Waals surface area contributed by atoms with E-state index in [0.717, 1.165) is 21.0 Å². The summed E-state index contributed by atoms with van der Waals surface area (Å²) in [6, 6.07) is 18.6. The summed E-state index contributed by atoms with van der Waals surface area (Å²) in [5.41, 5.74) is 0.483. The fourth-order valence-electron chi connectivity index (χ4n) is 3.61. The van der Waals surface area contributed by atoms with Crippen molar-refractivity contribution in [3.8, 4) is 5.75 Å². The van der Waals surface area contributed by atoms with Crippen LogP contribution in [0, 0.1) is 0 Å². The second-order valence-electron chi connectivity index (χ2n) is 6.81. The number of ether oxygens (including phenoxy) is 1. The minimum atomic E-state index is -0.701. The summed E-state index contributed by atoms with van der Waals surface area (Å²) < 4.78 is 13.6. The van der Waals surface area contributed by atoms with Crippen molar-refractivity contribution in [2.45, 2.75) is 0 Å². The first kappa shape index (κ1) is 18.3. The van der Waals surface area contributed by atoms with E-state index >= 15 is 0 Å². The molecule has 5 aromatic rings. The standard InChI is InChI=1S/C23H16N2O4S/c1-25-20-18(28-2)8-5-9-19(20)30-23(25)24-21(26)16-12-15-14-7-4-3-6-13(14)10-11-17(15)29-22(16)27/h3-12H,1-2H3. The summed E-state index contributed by atoms with van der Waals surface area (Å²) in [5, 5.41) is 2.61. The predicted octanol–water partition coefficient (Wildman–Crippen LogP) is 4.25. The van der Waals surface area contributed by atoms with Gasteiger partial charge in [0.2, 0.25) is 0 Å². The Labute approximate surface area is 174 Å². The molecule has 0 aliphatic carbocycles. The molecule has 0 radical (unpaired) electrons. The average Bonchev–Trinajstić information content (AvgIpc) is 3.08. The highest BCUT2D eigenvalue weighted by atomic mass is 32.1. The van der Waals surface area contributed by atoms with E-state index in [-0.39, 0.29) is 5.56 Å². The number of fused-ring (bicyclic) bond motifs is 4. The van der Waals surface area contributed by atoms with E-state index in [1.807, 2.05) is 55.6 Å². The average molecular weight is 416 g/mol. The van der Waals surface area contributed by atoms with Crippen LogP contribution in [0.3, 0.4) is 0 Å². The summed E-state index contributed by atoms with van der Waals surface area (Å²) in [4.78, 5) is 30.1. The van der Waals surface area contributed by atoms with Crippen molar-refractivity contribution in [3.63, 3.8) is 0 Å². The van der Waals surface area contributed by atoms with Gasteiger partial charge in [0, 0.05) is 12.4 Å². The Hall–Kier alpha value is -3.71. The third-order valence-corrected chi connectivity index (χ3v) is 6.17. The molecule has 0 N–H and O–H groups in total. The largest absolute Gasteiger partial charge is 0.495 e. The SMILES string of the molecule is COc1cccc2sc(=NC(=O)c3cc4c(ccc5ccccc54)oc3=O)n(C)c12. The second-order valence-corrected chi connectivity index (χ2v) is 7.82. The Morgan fingerprint density at radius 2 is 1.90 bits per heavy atom. The van der Waals surface area contributed by atoms with E-state index in [9.17, 15) is 9.59 Å². The number of thiazole rings is 1. The molecule has 0 aliphatic heterocycles. The molecule has 0 atom stereocenters. The smallest absolute Gasteiger partial charge is 0.349 e. The van der Waals surface area contributed by atoms with Crippen LogP contribution in [0.25, 0.3) is 32.0 Å². The number of para-hydroxylation sites is 1. The van der Waals surface area contributed by atoms with Gasteiger partial charge in [-0.3, -0.25) is 4.79 Å². The normalized spacial score (nSPS) is 12.1. The maximum Gasteiger partial charge on any atom is 0.349 e. The van der Waals surface area contributed by atoms with Crippen LogP contribution in [0.2, 0.25) is 0 Å². The zero-order valence-corrected chi connectivity index (χ0v) is 17.0. The molecule has 0 saturated carbocycles. The molecule has 30 heavy (non-hydrogen) atoms. The molecule has 0 bridgehead atoms. The molecule has 0 aliphatic rings. The summed E-state index contributed by atoms with van der Waals surface area (Å²) in [7, 11) is 3.41. The lowest BCUT2D eigenvalue weighted by atomic mass is 10.0. The summed E-state index contributed by atoms with van der Waals surface area (Å²) in [6.45, 7) is 0. The summed E-state index contributed by atoms with van der Waals surface area (Å²) >= 11 is 1.35. The predicted molar refractivity (Wildman–Crippen MR) is 117 cm³/mol. The van der Waals surface area contributed by atoms with Crippen molar-refractivity contribution in [1.82, 2.24) is 4.57 Å². The van der Waals surface area contributed by atoms with Gasteiger partial charge in [-0.2, -0.15) is 4.99 Å². The van der Waals surface area contributed by atoms with E-state index in [4.69, 9.17) is 9.15 Å². The van der Waals surface area contributed by atoms with Gasteiger partial charge in [-0.1, -0.05) is 47.7 Å². The number of carbonyl (C=O) groups excluding carboxylic acids is 1. The van der Waals surface area contributed by atoms with Gasteiger partial charge >= 0.3 is 5.63 Å². The number of aromatic nitrogens is 1. The number of benzene rings is 3. The molecule has 0 fully saturated rings. The Kier molecular flexibility index (Phi) is 4.25. The topological polar surface area (TPSA) is 73.8 Å². The van der Waals surface area contributed by atoms with Crippen LogP contribution in [-0.2, 0) is 7.05 Å². The van der Waals surface area contributed by atoms with Crippen LogP contribution < -0.4 is 15.2 Å². The van der Waals surface area contributed by atoms with Crippen molar-refractivity contribution in [1.29, 1.82) is 0 Å². The maximum atomic E-state index is 12.9. The van der Waals surface area contributed by atoms with Crippen molar-refractivity contribution in [3.05, 3.63) is 81.4 Å². The lowest BCUT2D eigenvalue weighted by molar-refractivity contribution is 0.0994. The summed E-state index contributed by atoms with van der Waals surface area (Å²) in [6.07, 6.45) is 0. The van der Waals surface area contributed by atoms with Crippen molar-refractivity contribution >= 4 is 49.2 Å². The molecule has 5 rings (SSSR count). The van der Waals surface area contributed by atoms with Crippen LogP contribution >= 0.6 is 11.3 Å². The summed E-state index contributed by atoms with van der Waals surface area (Å²) in [5.74, 6) is 0.0524. The lowest BCUT2D eigenvalue weighted by Gasteiger charge is -2.04. The molecule has 0 saturated heterocycles. The number of aryl methyl sites for hydroxylation is 1. The minimum Gasteiger partial charge on any atom is -0.495 e. The fourth-order valence-corrected chi connectivity index (χ4v) is 4.64. The molecule has 0 unspecified atom stereocenters. The van der Waals surface area contributed by atoms with E-state index < -0.39 is 11.5 Å². The molecule has 1 amide bonds. The monoisotopic (exact) mass is 416 g/mol. The first-order valence-electron chi connectivity index (χ1n) is 9.24. The van der Waals surface area contributed by atoms with Gasteiger partial charge in [0.05, 0.1) is 11.8 Å². The highest BCUT2D eigenvalue weighted by Crippen LogP contribution is 2.27. The molecular formula is C23H16N2O4S. The Bertz CT molecular complexity index is 1590. The van der Waals surface area contributed by atoms with Crippen LogP contribution in [0.4, 0.5) is 0 Å². The Morgan fingerprint density at radius 3 is 2.73 bits per heavy atom. The molecule has 7 heteroatoms. The lowest BCUT2D eigenvalue weighted by Crippen LogP contribution is -2.18. The number of amides is 1. The van der Waals surface area contributed by atoms with Gasteiger partial charge < -0.3 is 13.7 Å². The second kappa shape index (κ2) is 6.96. The fraction of sp³-hybridized carbons (Fsp3) is 0.0870. The number of rotatable bonds is 2. The van der Waals surface area contributed by atoms with Crippen LogP contribution in [0.5, 0.6) is 5.75 Å². The number of carbonyl (C=O) groups is 1. The molecule has 0 spiro atoms. The van der Waals surface area contributed by atoms with Gasteiger partial charge in [0.15, 0.2) is 4.80 Å². The van der Waals surface area contributed by atoms with Gasteiger partial charge in [-0.25, -0.2) is 4.79 Å². The van der Waals surface area contributed by atoms with Gasteiger partial charge in [0.1, 0.15) is 22.4 Å². The zero-order chi connectivity index (χ0) is 20.8. The quantitative estimate of drug-likeness (QED) is 0.319. The van der Waals surface area contributed by atoms with Crippen molar-refractivity contribution < 1.29 is 13.9 Å². The van der Waals surface area contributed by atoms with Crippen molar-refractivity contribution in [2.24, 2.45) is 12.0 Å². The third kappa shape index (κ3) is 2.83. The van der Waals surface area contributed by atoms with Gasteiger partial charge in [-0.15, -0.1) is 0 Å². The highest BCUT2D eigenvalue weighted by Gasteiger charge is 2.16. The Balaban J connectivity index is 1.71. The number of hydrogen-bond donors (Lipinski definition) is 0. The Morgan fingerprint density at radius 1 is 1.07 bits per heavy atom. The molecular weight excluding hydrogens is 400 g/mol. The molecule has 148 valence electrons. The van der Waals surface area contributed by atoms with Crippen molar-refractivity contribution in [2.75, 3.05) is 7.11 Å². The number of hydrogen-bond acceptors (Lipinski definition) is 5. The first-order valence-corrected chi connectivity index (χ1v) is 10.1. The molecule has 3 aromatic carbocycles. The van der Waals surface area contributed by atoms with Crippen LogP contribution in [0.15, 0.2) is 74.9 Å². The third-order valence-electron chi connectivity index (χ3n) is 5.08. The van der Waals surface area contributed by atoms with Crippen LogP contribution in [0.1, 0.15) is 10.4 Å². The van der Waals surface area contributed by atoms with E-state index in [2.05, 4.69) is 4.99 Å². The number of nitrogens with zero attached hydrogens (tertiary/aromatic N) is 2. The van der Waals surface area contributed by atoms with E-state index in [1.165, 1.54) is 11.3 Å². The highest BCUT2D eigenvalue weighted by molar-refractivity contribution is 7.16. The van der Waals surface area contributed by atoms with E-state index in [1.54, 1.807) is 23.8 Å². The van der Waals surface area contributed by atoms with Crippen LogP contribution in [-0.4, -0.2) is 17.6 Å². The minimum absolute atomic E-state index is 0.0942. The molecule has 6 nitrogen and oxygen atoms in total.